The van der Waals surface area contributed by atoms with Crippen LogP contribution in [-0.4, -0.2) is 6.16 Å². The van der Waals surface area contributed by atoms with Gasteiger partial charge in [-0.25, -0.2) is 4.79 Å². The SMILES string of the molecule is O=C1Oc2c(-c3ccccc3)oc3cccc(c3c2=O)O1. The molecule has 3 aromatic rings. The molecule has 2 heterocycles. The second-order valence-electron chi connectivity index (χ2n) is 4.54. The van der Waals surface area contributed by atoms with E-state index < -0.39 is 11.6 Å². The van der Waals surface area contributed by atoms with Gasteiger partial charge in [-0.2, -0.15) is 0 Å². The topological polar surface area (TPSA) is 65.7 Å². The molecule has 1 aliphatic rings. The Kier molecular flexibility index (Phi) is 2.35. The molecule has 0 saturated carbocycles. The molecule has 102 valence electrons. The third-order valence-electron chi connectivity index (χ3n) is 3.25. The zero-order chi connectivity index (χ0) is 14.4. The fraction of sp³-hybridized carbons (Fsp3) is 0. The number of hydrogen-bond acceptors (Lipinski definition) is 5. The third-order valence-corrected chi connectivity index (χ3v) is 3.25. The van der Waals surface area contributed by atoms with Crippen molar-refractivity contribution in [2.45, 2.75) is 0 Å². The minimum atomic E-state index is -0.951. The molecule has 0 saturated heterocycles. The number of ether oxygens (including phenoxy) is 2. The Morgan fingerprint density at radius 2 is 1.62 bits per heavy atom. The van der Waals surface area contributed by atoms with Crippen LogP contribution in [0.1, 0.15) is 0 Å². The van der Waals surface area contributed by atoms with E-state index in [0.717, 1.165) is 0 Å². The van der Waals surface area contributed by atoms with Crippen LogP contribution in [0.25, 0.3) is 22.3 Å². The Labute approximate surface area is 118 Å². The van der Waals surface area contributed by atoms with Gasteiger partial charge in [0.1, 0.15) is 16.7 Å². The summed E-state index contributed by atoms with van der Waals surface area (Å²) in [6.45, 7) is 0. The van der Waals surface area contributed by atoms with Gasteiger partial charge < -0.3 is 13.9 Å². The maximum atomic E-state index is 12.5. The summed E-state index contributed by atoms with van der Waals surface area (Å²) in [7, 11) is 0. The van der Waals surface area contributed by atoms with E-state index in [1.807, 2.05) is 6.07 Å². The monoisotopic (exact) mass is 280 g/mol. The molecule has 2 bridgehead atoms. The normalized spacial score (nSPS) is 12.9. The van der Waals surface area contributed by atoms with Crippen molar-refractivity contribution in [1.82, 2.24) is 0 Å². The predicted octanol–water partition coefficient (Wildman–Crippen LogP) is 3.35. The summed E-state index contributed by atoms with van der Waals surface area (Å²) < 4.78 is 15.8. The van der Waals surface area contributed by atoms with Crippen molar-refractivity contribution in [2.75, 3.05) is 0 Å². The Bertz CT molecular complexity index is 925. The summed E-state index contributed by atoms with van der Waals surface area (Å²) in [5, 5.41) is 0.207. The summed E-state index contributed by atoms with van der Waals surface area (Å²) in [5.74, 6) is 0.206. The molecule has 5 heteroatoms. The van der Waals surface area contributed by atoms with Crippen molar-refractivity contribution in [2.24, 2.45) is 0 Å². The highest BCUT2D eigenvalue weighted by Crippen LogP contribution is 2.35. The van der Waals surface area contributed by atoms with Gasteiger partial charge in [0.25, 0.3) is 0 Å². The maximum absolute atomic E-state index is 12.5. The molecule has 1 aliphatic heterocycles. The Balaban J connectivity index is 2.15. The Morgan fingerprint density at radius 1 is 0.810 bits per heavy atom. The van der Waals surface area contributed by atoms with Crippen LogP contribution >= 0.6 is 0 Å². The first-order valence-corrected chi connectivity index (χ1v) is 6.29. The average Bonchev–Trinajstić information content (AvgIpc) is 2.60. The number of carbonyl (C=O) groups excluding carboxylic acids is 1. The zero-order valence-electron chi connectivity index (χ0n) is 10.7. The van der Waals surface area contributed by atoms with Gasteiger partial charge in [0.05, 0.1) is 0 Å². The molecule has 0 amide bonds. The largest absolute Gasteiger partial charge is 0.519 e. The van der Waals surface area contributed by atoms with Crippen LogP contribution in [0.2, 0.25) is 0 Å². The van der Waals surface area contributed by atoms with E-state index in [1.54, 1.807) is 36.4 Å². The Morgan fingerprint density at radius 3 is 2.43 bits per heavy atom. The van der Waals surface area contributed by atoms with Gasteiger partial charge in [0.15, 0.2) is 5.76 Å². The van der Waals surface area contributed by atoms with Crippen LogP contribution in [0, 0.1) is 0 Å². The van der Waals surface area contributed by atoms with Crippen LogP contribution in [0.15, 0.2) is 57.7 Å². The van der Waals surface area contributed by atoms with E-state index in [2.05, 4.69) is 0 Å². The molecule has 0 aliphatic carbocycles. The Hall–Kier alpha value is -3.08. The summed E-state index contributed by atoms with van der Waals surface area (Å²) in [6, 6.07) is 13.8. The molecule has 5 nitrogen and oxygen atoms in total. The lowest BCUT2D eigenvalue weighted by atomic mass is 10.1. The minimum absolute atomic E-state index is 0.143. The fourth-order valence-corrected chi connectivity index (χ4v) is 2.34. The molecule has 0 radical (unpaired) electrons. The lowest BCUT2D eigenvalue weighted by Gasteiger charge is -2.06. The highest BCUT2D eigenvalue weighted by Gasteiger charge is 2.27. The lowest BCUT2D eigenvalue weighted by molar-refractivity contribution is 0.153. The summed E-state index contributed by atoms with van der Waals surface area (Å²) in [4.78, 5) is 24.2. The second-order valence-corrected chi connectivity index (χ2v) is 4.54. The van der Waals surface area contributed by atoms with Crippen molar-refractivity contribution in [3.63, 3.8) is 0 Å². The van der Waals surface area contributed by atoms with Crippen LogP contribution in [0.3, 0.4) is 0 Å². The molecule has 21 heavy (non-hydrogen) atoms. The standard InChI is InChI=1S/C16H8O5/c17-13-12-10-7-4-8-11(12)20-16(18)21-15(13)14(19-10)9-5-2-1-3-6-9/h1-8H. The molecule has 2 aromatic carbocycles. The van der Waals surface area contributed by atoms with E-state index in [4.69, 9.17) is 13.9 Å². The fourth-order valence-electron chi connectivity index (χ4n) is 2.34. The number of fused-ring (bicyclic) bond motifs is 1. The third kappa shape index (κ3) is 1.71. The summed E-state index contributed by atoms with van der Waals surface area (Å²) in [5.41, 5.74) is 0.571. The molecule has 0 unspecified atom stereocenters. The van der Waals surface area contributed by atoms with Crippen LogP contribution < -0.4 is 14.9 Å². The first-order chi connectivity index (χ1) is 10.2. The zero-order valence-corrected chi connectivity index (χ0v) is 10.7. The van der Waals surface area contributed by atoms with E-state index >= 15 is 0 Å². The van der Waals surface area contributed by atoms with Gasteiger partial charge >= 0.3 is 6.16 Å². The van der Waals surface area contributed by atoms with Crippen LogP contribution in [0.5, 0.6) is 11.5 Å². The summed E-state index contributed by atoms with van der Waals surface area (Å²) in [6.07, 6.45) is -0.951. The second kappa shape index (κ2) is 4.21. The van der Waals surface area contributed by atoms with E-state index in [9.17, 15) is 9.59 Å². The van der Waals surface area contributed by atoms with Gasteiger partial charge in [-0.3, -0.25) is 4.79 Å². The lowest BCUT2D eigenvalue weighted by Crippen LogP contribution is -2.14. The van der Waals surface area contributed by atoms with Crippen molar-refractivity contribution < 1.29 is 18.7 Å². The number of benzene rings is 2. The smallest absolute Gasteiger partial charge is 0.452 e. The maximum Gasteiger partial charge on any atom is 0.519 e. The van der Waals surface area contributed by atoms with Crippen molar-refractivity contribution in [1.29, 1.82) is 0 Å². The molecule has 4 rings (SSSR count). The van der Waals surface area contributed by atoms with Crippen molar-refractivity contribution in [3.05, 3.63) is 58.8 Å². The minimum Gasteiger partial charge on any atom is -0.452 e. The predicted molar refractivity (Wildman–Crippen MR) is 74.6 cm³/mol. The van der Waals surface area contributed by atoms with Crippen molar-refractivity contribution >= 4 is 17.1 Å². The van der Waals surface area contributed by atoms with E-state index in [-0.39, 0.29) is 22.6 Å². The molecular formula is C16H8O5. The molecule has 0 spiro atoms. The van der Waals surface area contributed by atoms with Gasteiger partial charge in [-0.1, -0.05) is 36.4 Å². The number of rotatable bonds is 1. The van der Waals surface area contributed by atoms with Gasteiger partial charge in [0, 0.05) is 5.56 Å². The van der Waals surface area contributed by atoms with Gasteiger partial charge in [-0.15, -0.1) is 0 Å². The van der Waals surface area contributed by atoms with Crippen LogP contribution in [-0.2, 0) is 0 Å². The van der Waals surface area contributed by atoms with Crippen molar-refractivity contribution in [3.8, 4) is 22.8 Å². The van der Waals surface area contributed by atoms with Gasteiger partial charge in [-0.05, 0) is 12.1 Å². The quantitative estimate of drug-likeness (QED) is 0.505. The first-order valence-electron chi connectivity index (χ1n) is 6.29. The number of hydrogen-bond donors (Lipinski definition) is 0. The van der Waals surface area contributed by atoms with E-state index in [1.165, 1.54) is 6.07 Å². The summed E-state index contributed by atoms with van der Waals surface area (Å²) >= 11 is 0. The molecule has 0 N–H and O–H groups in total. The molecule has 1 aromatic heterocycles. The van der Waals surface area contributed by atoms with E-state index in [0.29, 0.717) is 11.1 Å². The highest BCUT2D eigenvalue weighted by atomic mass is 16.7. The van der Waals surface area contributed by atoms with Crippen LogP contribution in [0.4, 0.5) is 4.79 Å². The highest BCUT2D eigenvalue weighted by molar-refractivity contribution is 5.91. The number of carbonyl (C=O) groups is 1. The first kappa shape index (κ1) is 11.7. The average molecular weight is 280 g/mol. The molecule has 0 fully saturated rings. The molecular weight excluding hydrogens is 272 g/mol. The van der Waals surface area contributed by atoms with Gasteiger partial charge in [0.2, 0.25) is 11.2 Å². The molecule has 0 atom stereocenters.